The third kappa shape index (κ3) is 5.34. The zero-order valence-corrected chi connectivity index (χ0v) is 17.8. The molecule has 0 unspecified atom stereocenters. The van der Waals surface area contributed by atoms with Crippen molar-refractivity contribution in [3.8, 4) is 10.9 Å². The van der Waals surface area contributed by atoms with Gasteiger partial charge in [-0.2, -0.15) is 0 Å². The van der Waals surface area contributed by atoms with Crippen molar-refractivity contribution in [1.29, 1.82) is 0 Å². The summed E-state index contributed by atoms with van der Waals surface area (Å²) < 4.78 is 47.5. The maximum absolute atomic E-state index is 14.2. The molecule has 162 valence electrons. The second kappa shape index (κ2) is 9.80. The second-order valence-electron chi connectivity index (χ2n) is 6.77. The lowest BCUT2D eigenvalue weighted by atomic mass is 10.0. The van der Waals surface area contributed by atoms with Gasteiger partial charge in [-0.25, -0.2) is 18.2 Å². The molecular weight excluding hydrogens is 425 g/mol. The summed E-state index contributed by atoms with van der Waals surface area (Å²) in [6, 6.07) is 6.54. The van der Waals surface area contributed by atoms with E-state index in [9.17, 15) is 18.3 Å². The first-order valence-electron chi connectivity index (χ1n) is 9.38. The Morgan fingerprint density at radius 3 is 2.52 bits per heavy atom. The SMILES string of the molecule is C=C(C)c1cc(Oc2ncc(CO)s2)ccc1N(/C=C/C)Cc1c(F)cc(F)cc1F. The molecule has 1 heterocycles. The van der Waals surface area contributed by atoms with Crippen LogP contribution in [0.4, 0.5) is 18.9 Å². The van der Waals surface area contributed by atoms with E-state index in [1.54, 1.807) is 42.3 Å². The highest BCUT2D eigenvalue weighted by atomic mass is 32.1. The zero-order valence-electron chi connectivity index (χ0n) is 17.0. The van der Waals surface area contributed by atoms with Crippen LogP contribution in [0.15, 0.2) is 55.4 Å². The second-order valence-corrected chi connectivity index (χ2v) is 7.85. The highest BCUT2D eigenvalue weighted by molar-refractivity contribution is 7.13. The fourth-order valence-electron chi connectivity index (χ4n) is 2.97. The molecule has 0 radical (unpaired) electrons. The molecule has 0 aliphatic carbocycles. The molecule has 4 nitrogen and oxygen atoms in total. The predicted octanol–water partition coefficient (Wildman–Crippen LogP) is 6.42. The molecule has 3 rings (SSSR count). The van der Waals surface area contributed by atoms with Crippen LogP contribution >= 0.6 is 11.3 Å². The number of thiazole rings is 1. The maximum Gasteiger partial charge on any atom is 0.278 e. The molecule has 0 bridgehead atoms. The molecule has 0 fully saturated rings. The van der Waals surface area contributed by atoms with E-state index in [0.717, 1.165) is 0 Å². The first-order chi connectivity index (χ1) is 14.8. The minimum absolute atomic E-state index is 0.119. The smallest absolute Gasteiger partial charge is 0.278 e. The number of allylic oxidation sites excluding steroid dienone is 2. The van der Waals surface area contributed by atoms with E-state index in [4.69, 9.17) is 4.74 Å². The summed E-state index contributed by atoms with van der Waals surface area (Å²) in [5, 5.41) is 9.55. The van der Waals surface area contributed by atoms with Gasteiger partial charge in [-0.1, -0.05) is 24.0 Å². The van der Waals surface area contributed by atoms with Gasteiger partial charge < -0.3 is 14.7 Å². The van der Waals surface area contributed by atoms with E-state index in [-0.39, 0.29) is 18.7 Å². The van der Waals surface area contributed by atoms with Crippen LogP contribution in [0.2, 0.25) is 0 Å². The molecule has 31 heavy (non-hydrogen) atoms. The summed E-state index contributed by atoms with van der Waals surface area (Å²) in [6.45, 7) is 7.32. The molecule has 1 aromatic heterocycles. The van der Waals surface area contributed by atoms with Gasteiger partial charge in [0, 0.05) is 41.3 Å². The molecule has 2 aromatic carbocycles. The van der Waals surface area contributed by atoms with Crippen molar-refractivity contribution in [1.82, 2.24) is 4.98 Å². The lowest BCUT2D eigenvalue weighted by Gasteiger charge is -2.25. The minimum atomic E-state index is -0.966. The van der Waals surface area contributed by atoms with Crippen LogP contribution in [0.25, 0.3) is 5.57 Å². The molecule has 0 atom stereocenters. The highest BCUT2D eigenvalue weighted by Crippen LogP contribution is 2.35. The van der Waals surface area contributed by atoms with Gasteiger partial charge in [0.1, 0.15) is 23.2 Å². The largest absolute Gasteiger partial charge is 0.431 e. The molecule has 1 N–H and O–H groups in total. The first kappa shape index (κ1) is 22.6. The number of rotatable bonds is 8. The normalized spacial score (nSPS) is 11.2. The molecule has 0 saturated heterocycles. The molecular formula is C23H21F3N2O2S. The number of aliphatic hydroxyl groups is 1. The highest BCUT2D eigenvalue weighted by Gasteiger charge is 2.18. The van der Waals surface area contributed by atoms with Crippen LogP contribution in [-0.2, 0) is 13.2 Å². The van der Waals surface area contributed by atoms with Gasteiger partial charge in [-0.05, 0) is 37.6 Å². The van der Waals surface area contributed by atoms with E-state index in [2.05, 4.69) is 11.6 Å². The van der Waals surface area contributed by atoms with Crippen LogP contribution in [0.5, 0.6) is 10.9 Å². The van der Waals surface area contributed by atoms with Crippen LogP contribution in [0.1, 0.15) is 29.9 Å². The Bertz CT molecular complexity index is 1100. The standard InChI is InChI=1S/C23H21F3N2O2S/c1-4-7-28(12-19-20(25)8-15(24)9-21(19)26)22-6-5-16(10-18(22)14(2)3)30-23-27-11-17(13-29)31-23/h4-11,29H,2,12-13H2,1,3H3/b7-4+. The van der Waals surface area contributed by atoms with E-state index in [0.29, 0.717) is 44.8 Å². The minimum Gasteiger partial charge on any atom is -0.431 e. The third-order valence-electron chi connectivity index (χ3n) is 4.39. The quantitative estimate of drug-likeness (QED) is 0.434. The van der Waals surface area contributed by atoms with Crippen molar-refractivity contribution in [2.45, 2.75) is 27.0 Å². The Hall–Kier alpha value is -3.10. The first-order valence-corrected chi connectivity index (χ1v) is 10.2. The lowest BCUT2D eigenvalue weighted by Crippen LogP contribution is -2.19. The van der Waals surface area contributed by atoms with Crippen LogP contribution < -0.4 is 9.64 Å². The Morgan fingerprint density at radius 1 is 1.23 bits per heavy atom. The summed E-state index contributed by atoms with van der Waals surface area (Å²) in [4.78, 5) is 6.43. The van der Waals surface area contributed by atoms with E-state index < -0.39 is 17.5 Å². The van der Waals surface area contributed by atoms with E-state index in [1.807, 2.05) is 6.92 Å². The van der Waals surface area contributed by atoms with Crippen molar-refractivity contribution in [3.05, 3.63) is 88.8 Å². The zero-order chi connectivity index (χ0) is 22.5. The van der Waals surface area contributed by atoms with E-state index in [1.165, 1.54) is 17.5 Å². The van der Waals surface area contributed by atoms with Gasteiger partial charge in [0.2, 0.25) is 0 Å². The monoisotopic (exact) mass is 446 g/mol. The third-order valence-corrected chi connectivity index (χ3v) is 5.25. The topological polar surface area (TPSA) is 45.6 Å². The Balaban J connectivity index is 1.96. The fraction of sp³-hybridized carbons (Fsp3) is 0.174. The van der Waals surface area contributed by atoms with Gasteiger partial charge in [-0.3, -0.25) is 0 Å². The number of hydrogen-bond acceptors (Lipinski definition) is 5. The van der Waals surface area contributed by atoms with Gasteiger partial charge in [-0.15, -0.1) is 0 Å². The van der Waals surface area contributed by atoms with Crippen LogP contribution in [0, 0.1) is 17.5 Å². The van der Waals surface area contributed by atoms with Gasteiger partial charge in [0.15, 0.2) is 0 Å². The maximum atomic E-state index is 14.2. The van der Waals surface area contributed by atoms with Gasteiger partial charge >= 0.3 is 0 Å². The summed E-state index contributed by atoms with van der Waals surface area (Å²) in [7, 11) is 0. The molecule has 0 aliphatic heterocycles. The molecule has 3 aromatic rings. The Kier molecular flexibility index (Phi) is 7.14. The van der Waals surface area contributed by atoms with Crippen LogP contribution in [0.3, 0.4) is 0 Å². The summed E-state index contributed by atoms with van der Waals surface area (Å²) in [5.41, 5.74) is 1.82. The van der Waals surface area contributed by atoms with Crippen molar-refractivity contribution >= 4 is 22.6 Å². The number of hydrogen-bond donors (Lipinski definition) is 1. The molecule has 0 saturated carbocycles. The van der Waals surface area contributed by atoms with E-state index >= 15 is 0 Å². The number of aliphatic hydroxyl groups excluding tert-OH is 1. The van der Waals surface area contributed by atoms with Gasteiger partial charge in [0.25, 0.3) is 5.19 Å². The number of halogens is 3. The summed E-state index contributed by atoms with van der Waals surface area (Å²) >= 11 is 1.23. The molecule has 0 aliphatic rings. The number of ether oxygens (including phenoxy) is 1. The number of benzene rings is 2. The number of nitrogens with zero attached hydrogens (tertiary/aromatic N) is 2. The average Bonchev–Trinajstić information content (AvgIpc) is 3.17. The van der Waals surface area contributed by atoms with Crippen molar-refractivity contribution < 1.29 is 23.0 Å². The average molecular weight is 446 g/mol. The number of aromatic nitrogens is 1. The summed E-state index contributed by atoms with van der Waals surface area (Å²) in [5.74, 6) is -2.37. The molecule has 0 spiro atoms. The molecule has 0 amide bonds. The van der Waals surface area contributed by atoms with Crippen molar-refractivity contribution in [2.24, 2.45) is 0 Å². The van der Waals surface area contributed by atoms with Gasteiger partial charge in [0.05, 0.1) is 18.0 Å². The van der Waals surface area contributed by atoms with Crippen molar-refractivity contribution in [2.75, 3.05) is 4.90 Å². The lowest BCUT2D eigenvalue weighted by molar-refractivity contribution is 0.285. The Labute approximate surface area is 182 Å². The Morgan fingerprint density at radius 2 is 1.94 bits per heavy atom. The fourth-order valence-corrected chi connectivity index (χ4v) is 3.61. The van der Waals surface area contributed by atoms with Crippen LogP contribution in [-0.4, -0.2) is 10.1 Å². The predicted molar refractivity (Wildman–Crippen MR) is 117 cm³/mol. The summed E-state index contributed by atoms with van der Waals surface area (Å²) in [6.07, 6.45) is 4.95. The van der Waals surface area contributed by atoms with Crippen molar-refractivity contribution in [3.63, 3.8) is 0 Å². The number of anilines is 1. The molecule has 8 heteroatoms.